The van der Waals surface area contributed by atoms with Crippen LogP contribution in [0.3, 0.4) is 0 Å². The van der Waals surface area contributed by atoms with Crippen molar-refractivity contribution in [1.82, 2.24) is 14.9 Å². The van der Waals surface area contributed by atoms with E-state index in [4.69, 9.17) is 0 Å². The van der Waals surface area contributed by atoms with Gasteiger partial charge in [0.2, 0.25) is 0 Å². The number of nitrogens with zero attached hydrogens (tertiary/aromatic N) is 2. The van der Waals surface area contributed by atoms with Crippen LogP contribution < -0.4 is 5.32 Å². The highest BCUT2D eigenvalue weighted by Gasteiger charge is 2.29. The third-order valence-electron chi connectivity index (χ3n) is 6.26. The van der Waals surface area contributed by atoms with Crippen molar-refractivity contribution in [2.75, 3.05) is 12.8 Å². The zero-order chi connectivity index (χ0) is 28.5. The molecular formula is C29H28F3N3O3S. The molecule has 1 aromatic heterocycles. The molecule has 0 saturated heterocycles. The molecule has 1 amide bonds. The van der Waals surface area contributed by atoms with Crippen LogP contribution in [-0.4, -0.2) is 42.9 Å². The van der Waals surface area contributed by atoms with Gasteiger partial charge in [-0.15, -0.1) is 0 Å². The molecule has 3 aromatic carbocycles. The van der Waals surface area contributed by atoms with Crippen LogP contribution in [0.25, 0.3) is 28.2 Å². The highest BCUT2D eigenvalue weighted by atomic mass is 32.2. The molecule has 4 rings (SSSR count). The molecule has 0 atom stereocenters. The van der Waals surface area contributed by atoms with Gasteiger partial charge in [0.05, 0.1) is 10.6 Å². The SMILES string of the molecule is Cc1cc(-c2cccc(S(C)(=O)=O)c2)ccc1-n1cc(C(=O)NCC(F)(F)F)nc1-c1ccccc1C(C)C. The van der Waals surface area contributed by atoms with Crippen LogP contribution >= 0.6 is 0 Å². The van der Waals surface area contributed by atoms with Gasteiger partial charge in [0.15, 0.2) is 9.84 Å². The van der Waals surface area contributed by atoms with E-state index in [2.05, 4.69) is 4.98 Å². The fraction of sp³-hybridized carbons (Fsp3) is 0.241. The molecule has 1 N–H and O–H groups in total. The Morgan fingerprint density at radius 1 is 1.00 bits per heavy atom. The van der Waals surface area contributed by atoms with E-state index in [1.807, 2.05) is 74.6 Å². The number of carbonyl (C=O) groups is 1. The van der Waals surface area contributed by atoms with E-state index in [0.717, 1.165) is 34.1 Å². The molecule has 10 heteroatoms. The van der Waals surface area contributed by atoms with E-state index in [1.54, 1.807) is 16.7 Å². The van der Waals surface area contributed by atoms with E-state index in [1.165, 1.54) is 12.3 Å². The van der Waals surface area contributed by atoms with Crippen LogP contribution in [0.1, 0.15) is 41.4 Å². The number of imidazole rings is 1. The Labute approximate surface area is 225 Å². The molecule has 0 saturated carbocycles. The number of benzene rings is 3. The van der Waals surface area contributed by atoms with Crippen LogP contribution in [0.15, 0.2) is 77.8 Å². The lowest BCUT2D eigenvalue weighted by molar-refractivity contribution is -0.123. The maximum absolute atomic E-state index is 12.7. The van der Waals surface area contributed by atoms with Gasteiger partial charge < -0.3 is 5.32 Å². The summed E-state index contributed by atoms with van der Waals surface area (Å²) in [6.45, 7) is 4.44. The van der Waals surface area contributed by atoms with Gasteiger partial charge in [-0.05, 0) is 59.4 Å². The van der Waals surface area contributed by atoms with Crippen LogP contribution in [-0.2, 0) is 9.84 Å². The van der Waals surface area contributed by atoms with Crippen molar-refractivity contribution in [2.24, 2.45) is 0 Å². The van der Waals surface area contributed by atoms with Crippen LogP contribution in [0, 0.1) is 6.92 Å². The van der Waals surface area contributed by atoms with Crippen LogP contribution in [0.5, 0.6) is 0 Å². The largest absolute Gasteiger partial charge is 0.405 e. The van der Waals surface area contributed by atoms with Crippen molar-refractivity contribution in [1.29, 1.82) is 0 Å². The standard InChI is InChI=1S/C29H28F3N3O3S/c1-18(2)23-10-5-6-11-24(23)27-34-25(28(36)33-17-29(30,31)32)16-35(27)26-13-12-21(14-19(26)3)20-8-7-9-22(15-20)39(4,37)38/h5-16,18H,17H2,1-4H3,(H,33,36). The number of hydrogen-bond donors (Lipinski definition) is 1. The zero-order valence-corrected chi connectivity index (χ0v) is 22.7. The molecule has 0 aliphatic carbocycles. The average Bonchev–Trinajstić information content (AvgIpc) is 3.31. The van der Waals surface area contributed by atoms with E-state index in [0.29, 0.717) is 11.5 Å². The number of sulfone groups is 1. The molecule has 0 bridgehead atoms. The lowest BCUT2D eigenvalue weighted by atomic mass is 9.96. The number of hydrogen-bond acceptors (Lipinski definition) is 4. The number of rotatable bonds is 7. The summed E-state index contributed by atoms with van der Waals surface area (Å²) in [5.74, 6) is -0.382. The summed E-state index contributed by atoms with van der Waals surface area (Å²) in [6.07, 6.45) is -1.96. The minimum atomic E-state index is -4.55. The first-order valence-corrected chi connectivity index (χ1v) is 14.1. The average molecular weight is 556 g/mol. The lowest BCUT2D eigenvalue weighted by Crippen LogP contribution is -2.33. The maximum atomic E-state index is 12.7. The Bertz CT molecular complexity index is 1640. The van der Waals surface area contributed by atoms with Gasteiger partial charge in [-0.25, -0.2) is 13.4 Å². The van der Waals surface area contributed by atoms with Crippen molar-refractivity contribution in [3.05, 3.63) is 89.7 Å². The Morgan fingerprint density at radius 3 is 2.33 bits per heavy atom. The first-order valence-electron chi connectivity index (χ1n) is 12.2. The number of aryl methyl sites for hydroxylation is 1. The van der Waals surface area contributed by atoms with Gasteiger partial charge >= 0.3 is 6.18 Å². The van der Waals surface area contributed by atoms with Gasteiger partial charge in [0, 0.05) is 18.0 Å². The number of nitrogens with one attached hydrogen (secondary N) is 1. The van der Waals surface area contributed by atoms with E-state index in [9.17, 15) is 26.4 Å². The minimum absolute atomic E-state index is 0.124. The molecule has 0 unspecified atom stereocenters. The summed E-state index contributed by atoms with van der Waals surface area (Å²) in [6, 6.07) is 19.7. The second-order valence-electron chi connectivity index (χ2n) is 9.66. The van der Waals surface area contributed by atoms with Crippen molar-refractivity contribution in [3.8, 4) is 28.2 Å². The molecule has 6 nitrogen and oxygen atoms in total. The first-order chi connectivity index (χ1) is 18.2. The third-order valence-corrected chi connectivity index (χ3v) is 7.37. The van der Waals surface area contributed by atoms with Gasteiger partial charge in [0.25, 0.3) is 5.91 Å². The number of halogens is 3. The third kappa shape index (κ3) is 6.39. The van der Waals surface area contributed by atoms with Gasteiger partial charge in [0.1, 0.15) is 18.1 Å². The number of amides is 1. The second kappa shape index (κ2) is 10.7. The van der Waals surface area contributed by atoms with Crippen molar-refractivity contribution >= 4 is 15.7 Å². The van der Waals surface area contributed by atoms with Gasteiger partial charge in [-0.3, -0.25) is 9.36 Å². The summed E-state index contributed by atoms with van der Waals surface area (Å²) < 4.78 is 64.0. The van der Waals surface area contributed by atoms with Gasteiger partial charge in [-0.1, -0.05) is 56.3 Å². The number of alkyl halides is 3. The molecule has 39 heavy (non-hydrogen) atoms. The molecule has 4 aromatic rings. The van der Waals surface area contributed by atoms with Crippen LogP contribution in [0.2, 0.25) is 0 Å². The van der Waals surface area contributed by atoms with Crippen LogP contribution in [0.4, 0.5) is 13.2 Å². The van der Waals surface area contributed by atoms with E-state index >= 15 is 0 Å². The quantitative estimate of drug-likeness (QED) is 0.289. The number of carbonyl (C=O) groups excluding carboxylic acids is 1. The molecule has 0 radical (unpaired) electrons. The van der Waals surface area contributed by atoms with E-state index < -0.39 is 28.5 Å². The Hall–Kier alpha value is -3.92. The predicted molar refractivity (Wildman–Crippen MR) is 145 cm³/mol. The molecule has 0 aliphatic heterocycles. The Kier molecular flexibility index (Phi) is 7.70. The summed E-state index contributed by atoms with van der Waals surface area (Å²) in [5, 5.41) is 1.89. The molecule has 204 valence electrons. The normalized spacial score (nSPS) is 12.1. The van der Waals surface area contributed by atoms with Gasteiger partial charge in [-0.2, -0.15) is 13.2 Å². The van der Waals surface area contributed by atoms with Crippen molar-refractivity contribution in [2.45, 2.75) is 37.8 Å². The molecule has 0 spiro atoms. The highest BCUT2D eigenvalue weighted by molar-refractivity contribution is 7.90. The minimum Gasteiger partial charge on any atom is -0.342 e. The summed E-state index contributed by atoms with van der Waals surface area (Å²) in [5.41, 5.74) is 4.56. The fourth-order valence-electron chi connectivity index (χ4n) is 4.35. The Balaban J connectivity index is 1.83. The molecule has 0 fully saturated rings. The van der Waals surface area contributed by atoms with E-state index in [-0.39, 0.29) is 16.5 Å². The molecule has 1 heterocycles. The summed E-state index contributed by atoms with van der Waals surface area (Å²) >= 11 is 0. The molecular weight excluding hydrogens is 527 g/mol. The number of aromatic nitrogens is 2. The summed E-state index contributed by atoms with van der Waals surface area (Å²) in [7, 11) is -3.38. The smallest absolute Gasteiger partial charge is 0.342 e. The topological polar surface area (TPSA) is 81.1 Å². The van der Waals surface area contributed by atoms with Crippen molar-refractivity contribution in [3.63, 3.8) is 0 Å². The predicted octanol–water partition coefficient (Wildman–Crippen LogP) is 6.33. The monoisotopic (exact) mass is 555 g/mol. The van der Waals surface area contributed by atoms with Crippen molar-refractivity contribution < 1.29 is 26.4 Å². The fourth-order valence-corrected chi connectivity index (χ4v) is 5.02. The summed E-state index contributed by atoms with van der Waals surface area (Å²) in [4.78, 5) is 17.3. The lowest BCUT2D eigenvalue weighted by Gasteiger charge is -2.16. The first kappa shape index (κ1) is 28.1. The zero-order valence-electron chi connectivity index (χ0n) is 21.9. The highest BCUT2D eigenvalue weighted by Crippen LogP contribution is 2.33. The Morgan fingerprint density at radius 2 is 1.69 bits per heavy atom. The second-order valence-corrected chi connectivity index (χ2v) is 11.7. The molecule has 0 aliphatic rings. The maximum Gasteiger partial charge on any atom is 0.405 e.